The predicted molar refractivity (Wildman–Crippen MR) is 75.9 cm³/mol. The predicted octanol–water partition coefficient (Wildman–Crippen LogP) is 3.64. The second-order valence-electron chi connectivity index (χ2n) is 3.24. The van der Waals surface area contributed by atoms with Gasteiger partial charge in [-0.3, -0.25) is 4.79 Å². The number of halogens is 2. The van der Waals surface area contributed by atoms with Crippen molar-refractivity contribution >= 4 is 40.1 Å². The lowest BCUT2D eigenvalue weighted by Gasteiger charge is -2.04. The number of carbonyl (C=O) groups is 1. The quantitative estimate of drug-likeness (QED) is 0.502. The Kier molecular flexibility index (Phi) is 5.84. The summed E-state index contributed by atoms with van der Waals surface area (Å²) < 4.78 is 0.949. The average Bonchev–Trinajstić information content (AvgIpc) is 2.28. The molecule has 1 aromatic rings. The molecule has 0 radical (unpaired) electrons. The molecule has 0 spiro atoms. The zero-order valence-corrected chi connectivity index (χ0v) is 11.9. The molecule has 86 valence electrons. The van der Waals surface area contributed by atoms with Gasteiger partial charge in [-0.05, 0) is 54.1 Å². The first-order chi connectivity index (χ1) is 7.65. The summed E-state index contributed by atoms with van der Waals surface area (Å²) in [7, 11) is 0. The minimum atomic E-state index is -0.0807. The van der Waals surface area contributed by atoms with Crippen molar-refractivity contribution in [2.75, 3.05) is 6.54 Å². The fourth-order valence-corrected chi connectivity index (χ4v) is 1.69. The van der Waals surface area contributed by atoms with E-state index in [-0.39, 0.29) is 5.91 Å². The molecule has 16 heavy (non-hydrogen) atoms. The Bertz CT molecular complexity index is 404. The van der Waals surface area contributed by atoms with Gasteiger partial charge in [-0.15, -0.1) is 0 Å². The third-order valence-electron chi connectivity index (χ3n) is 2.01. The van der Waals surface area contributed by atoms with Crippen LogP contribution in [0.1, 0.15) is 23.7 Å². The molecule has 2 nitrogen and oxygen atoms in total. The highest BCUT2D eigenvalue weighted by atomic mass is 127. The third kappa shape index (κ3) is 4.14. The molecule has 4 heteroatoms. The zero-order valence-electron chi connectivity index (χ0n) is 8.97. The van der Waals surface area contributed by atoms with Gasteiger partial charge < -0.3 is 5.32 Å². The van der Waals surface area contributed by atoms with Gasteiger partial charge in [0.15, 0.2) is 0 Å². The van der Waals surface area contributed by atoms with Crippen LogP contribution in [0.15, 0.2) is 30.4 Å². The van der Waals surface area contributed by atoms with E-state index < -0.39 is 0 Å². The molecule has 0 atom stereocenters. The fourth-order valence-electron chi connectivity index (χ4n) is 1.18. The van der Waals surface area contributed by atoms with Crippen LogP contribution >= 0.6 is 34.2 Å². The molecule has 0 aliphatic rings. The highest BCUT2D eigenvalue weighted by Gasteiger charge is 2.06. The van der Waals surface area contributed by atoms with Crippen molar-refractivity contribution in [3.05, 3.63) is 44.5 Å². The van der Waals surface area contributed by atoms with Crippen LogP contribution in [0.25, 0.3) is 0 Å². The number of allylic oxidation sites excluding steroid dienone is 1. The summed E-state index contributed by atoms with van der Waals surface area (Å²) in [6, 6.07) is 5.30. The zero-order chi connectivity index (χ0) is 12.0. The number of amides is 1. The number of nitrogens with one attached hydrogen (secondary N) is 1. The largest absolute Gasteiger partial charge is 0.352 e. The van der Waals surface area contributed by atoms with Crippen molar-refractivity contribution in [2.24, 2.45) is 0 Å². The Morgan fingerprint density at radius 3 is 2.94 bits per heavy atom. The maximum absolute atomic E-state index is 11.7. The number of carbonyl (C=O) groups excluding carboxylic acids is 1. The van der Waals surface area contributed by atoms with Gasteiger partial charge in [0.2, 0.25) is 0 Å². The van der Waals surface area contributed by atoms with Gasteiger partial charge in [0.05, 0.1) is 5.02 Å². The van der Waals surface area contributed by atoms with Crippen LogP contribution in [-0.4, -0.2) is 12.5 Å². The van der Waals surface area contributed by atoms with Crippen molar-refractivity contribution in [1.29, 1.82) is 0 Å². The van der Waals surface area contributed by atoms with Gasteiger partial charge in [-0.25, -0.2) is 0 Å². The Morgan fingerprint density at radius 2 is 2.31 bits per heavy atom. The van der Waals surface area contributed by atoms with Gasteiger partial charge in [-0.1, -0.05) is 23.8 Å². The van der Waals surface area contributed by atoms with E-state index in [1.807, 2.05) is 25.1 Å². The van der Waals surface area contributed by atoms with Crippen molar-refractivity contribution in [1.82, 2.24) is 5.32 Å². The lowest BCUT2D eigenvalue weighted by molar-refractivity contribution is 0.0954. The van der Waals surface area contributed by atoms with E-state index in [0.29, 0.717) is 17.1 Å². The number of rotatable bonds is 4. The number of benzene rings is 1. The van der Waals surface area contributed by atoms with Crippen LogP contribution in [0, 0.1) is 3.57 Å². The lowest BCUT2D eigenvalue weighted by Crippen LogP contribution is -2.24. The molecule has 0 aromatic heterocycles. The maximum Gasteiger partial charge on any atom is 0.251 e. The fraction of sp³-hybridized carbons (Fsp3) is 0.250. The molecular formula is C12H13ClINO. The van der Waals surface area contributed by atoms with Crippen LogP contribution in [0.4, 0.5) is 0 Å². The lowest BCUT2D eigenvalue weighted by atomic mass is 10.2. The Hall–Kier alpha value is -0.550. The van der Waals surface area contributed by atoms with Crippen molar-refractivity contribution in [2.45, 2.75) is 13.3 Å². The van der Waals surface area contributed by atoms with Gasteiger partial charge in [0.25, 0.3) is 5.91 Å². The summed E-state index contributed by atoms with van der Waals surface area (Å²) in [6.45, 7) is 2.60. The Balaban J connectivity index is 2.56. The summed E-state index contributed by atoms with van der Waals surface area (Å²) in [6.07, 6.45) is 4.83. The number of hydrogen-bond donors (Lipinski definition) is 1. The molecule has 0 fully saturated rings. The minimum Gasteiger partial charge on any atom is -0.352 e. The molecule has 1 rings (SSSR count). The molecule has 0 aliphatic heterocycles. The third-order valence-corrected chi connectivity index (χ3v) is 3.59. The van der Waals surface area contributed by atoms with E-state index in [9.17, 15) is 4.79 Å². The van der Waals surface area contributed by atoms with E-state index in [1.54, 1.807) is 12.1 Å². The Morgan fingerprint density at radius 1 is 1.56 bits per heavy atom. The van der Waals surface area contributed by atoms with Crippen LogP contribution in [0.2, 0.25) is 5.02 Å². The van der Waals surface area contributed by atoms with E-state index in [1.165, 1.54) is 0 Å². The first-order valence-corrected chi connectivity index (χ1v) is 6.45. The molecule has 0 bridgehead atoms. The smallest absolute Gasteiger partial charge is 0.251 e. The van der Waals surface area contributed by atoms with Gasteiger partial charge in [0.1, 0.15) is 0 Å². The van der Waals surface area contributed by atoms with Crippen LogP contribution in [0.5, 0.6) is 0 Å². The monoisotopic (exact) mass is 349 g/mol. The summed E-state index contributed by atoms with van der Waals surface area (Å²) in [5.41, 5.74) is 0.603. The van der Waals surface area contributed by atoms with Crippen LogP contribution < -0.4 is 5.32 Å². The summed E-state index contributed by atoms with van der Waals surface area (Å²) in [5.74, 6) is -0.0807. The SMILES string of the molecule is C/C=C/CCNC(=O)c1ccc(I)c(Cl)c1. The topological polar surface area (TPSA) is 29.1 Å². The van der Waals surface area contributed by atoms with Gasteiger partial charge in [0, 0.05) is 15.7 Å². The van der Waals surface area contributed by atoms with Crippen LogP contribution in [-0.2, 0) is 0 Å². The van der Waals surface area contributed by atoms with Crippen LogP contribution in [0.3, 0.4) is 0 Å². The molecule has 1 N–H and O–H groups in total. The second kappa shape index (κ2) is 6.91. The first-order valence-electron chi connectivity index (χ1n) is 4.99. The molecule has 0 aliphatic carbocycles. The molecule has 0 unspecified atom stereocenters. The van der Waals surface area contributed by atoms with Crippen molar-refractivity contribution < 1.29 is 4.79 Å². The van der Waals surface area contributed by atoms with E-state index in [4.69, 9.17) is 11.6 Å². The normalized spacial score (nSPS) is 10.7. The van der Waals surface area contributed by atoms with E-state index >= 15 is 0 Å². The summed E-state index contributed by atoms with van der Waals surface area (Å²) >= 11 is 8.07. The molecule has 1 amide bonds. The molecule has 0 saturated carbocycles. The molecule has 0 heterocycles. The van der Waals surface area contributed by atoms with Crippen molar-refractivity contribution in [3.8, 4) is 0 Å². The van der Waals surface area contributed by atoms with E-state index in [2.05, 4.69) is 27.9 Å². The Labute approximate surface area is 114 Å². The van der Waals surface area contributed by atoms with Gasteiger partial charge >= 0.3 is 0 Å². The standard InChI is InChI=1S/C12H13ClINO/c1-2-3-4-7-15-12(16)9-5-6-11(14)10(13)8-9/h2-3,5-6,8H,4,7H2,1H3,(H,15,16)/b3-2+. The van der Waals surface area contributed by atoms with Crippen molar-refractivity contribution in [3.63, 3.8) is 0 Å². The number of hydrogen-bond acceptors (Lipinski definition) is 1. The minimum absolute atomic E-state index is 0.0807. The first kappa shape index (κ1) is 13.5. The van der Waals surface area contributed by atoms with Gasteiger partial charge in [-0.2, -0.15) is 0 Å². The summed E-state index contributed by atoms with van der Waals surface area (Å²) in [4.78, 5) is 11.7. The highest BCUT2D eigenvalue weighted by molar-refractivity contribution is 14.1. The molecule has 0 saturated heterocycles. The molecule has 1 aromatic carbocycles. The highest BCUT2D eigenvalue weighted by Crippen LogP contribution is 2.19. The van der Waals surface area contributed by atoms with E-state index in [0.717, 1.165) is 9.99 Å². The second-order valence-corrected chi connectivity index (χ2v) is 4.81. The molecular weight excluding hydrogens is 336 g/mol. The maximum atomic E-state index is 11.7. The average molecular weight is 350 g/mol. The summed E-state index contributed by atoms with van der Waals surface area (Å²) in [5, 5.41) is 3.44.